The molecule has 5 nitrogen and oxygen atoms in total. The van der Waals surface area contributed by atoms with Gasteiger partial charge in [0.1, 0.15) is 0 Å². The number of allylic oxidation sites excluding steroid dienone is 1. The molecule has 3 unspecified atom stereocenters. The highest BCUT2D eigenvalue weighted by Gasteiger charge is 2.20. The van der Waals surface area contributed by atoms with E-state index in [0.29, 0.717) is 6.42 Å². The van der Waals surface area contributed by atoms with E-state index in [1.54, 1.807) is 6.08 Å². The molecule has 1 amide bonds. The van der Waals surface area contributed by atoms with Crippen molar-refractivity contribution in [3.63, 3.8) is 0 Å². The summed E-state index contributed by atoms with van der Waals surface area (Å²) < 4.78 is 0. The summed E-state index contributed by atoms with van der Waals surface area (Å²) in [5, 5.41) is 33.3. The average Bonchev–Trinajstić information content (AvgIpc) is 3.19. The van der Waals surface area contributed by atoms with E-state index >= 15 is 0 Å². The first-order chi connectivity index (χ1) is 27.5. The summed E-state index contributed by atoms with van der Waals surface area (Å²) in [5.41, 5.74) is 0. The first-order valence-electron chi connectivity index (χ1n) is 25.5. The van der Waals surface area contributed by atoms with Crippen LogP contribution in [0.2, 0.25) is 0 Å². The summed E-state index contributed by atoms with van der Waals surface area (Å²) in [6.07, 6.45) is 56.7. The van der Waals surface area contributed by atoms with Gasteiger partial charge in [0.25, 0.3) is 0 Å². The number of carbonyl (C=O) groups is 1. The molecule has 0 saturated heterocycles. The fourth-order valence-corrected chi connectivity index (χ4v) is 8.17. The minimum Gasteiger partial charge on any atom is -0.394 e. The minimum atomic E-state index is -0.924. The van der Waals surface area contributed by atoms with E-state index in [1.807, 2.05) is 6.08 Å². The van der Waals surface area contributed by atoms with Crippen molar-refractivity contribution in [1.82, 2.24) is 5.32 Å². The van der Waals surface area contributed by atoms with Gasteiger partial charge in [-0.15, -0.1) is 0 Å². The summed E-state index contributed by atoms with van der Waals surface area (Å²) in [7, 11) is 0. The fourth-order valence-electron chi connectivity index (χ4n) is 8.17. The van der Waals surface area contributed by atoms with Crippen LogP contribution in [0.1, 0.15) is 284 Å². The lowest BCUT2D eigenvalue weighted by molar-refractivity contribution is -0.124. The predicted octanol–water partition coefficient (Wildman–Crippen LogP) is 15.2. The van der Waals surface area contributed by atoms with Gasteiger partial charge in [0.15, 0.2) is 0 Å². The normalized spacial score (nSPS) is 13.4. The van der Waals surface area contributed by atoms with Gasteiger partial charge in [0.2, 0.25) is 5.91 Å². The maximum absolute atomic E-state index is 12.5. The van der Waals surface area contributed by atoms with Crippen molar-refractivity contribution in [3.05, 3.63) is 12.2 Å². The first-order valence-corrected chi connectivity index (χ1v) is 25.5. The number of hydrogen-bond acceptors (Lipinski definition) is 4. The molecule has 0 aliphatic carbocycles. The minimum absolute atomic E-state index is 0.0190. The lowest BCUT2D eigenvalue weighted by atomic mass is 10.0. The molecule has 3 atom stereocenters. The lowest BCUT2D eigenvalue weighted by Crippen LogP contribution is -2.45. The van der Waals surface area contributed by atoms with Crippen molar-refractivity contribution >= 4 is 5.91 Å². The predicted molar refractivity (Wildman–Crippen MR) is 245 cm³/mol. The van der Waals surface area contributed by atoms with Gasteiger partial charge in [-0.25, -0.2) is 0 Å². The van der Waals surface area contributed by atoms with E-state index in [4.69, 9.17) is 0 Å². The van der Waals surface area contributed by atoms with E-state index < -0.39 is 18.2 Å². The zero-order valence-corrected chi connectivity index (χ0v) is 38.0. The smallest absolute Gasteiger partial charge is 0.222 e. The van der Waals surface area contributed by atoms with E-state index in [9.17, 15) is 20.1 Å². The number of amides is 1. The van der Waals surface area contributed by atoms with Crippen molar-refractivity contribution in [2.45, 2.75) is 302 Å². The second-order valence-electron chi connectivity index (χ2n) is 17.8. The van der Waals surface area contributed by atoms with Crippen LogP contribution in [0.3, 0.4) is 0 Å². The second kappa shape index (κ2) is 46.8. The molecule has 5 heteroatoms. The van der Waals surface area contributed by atoms with Gasteiger partial charge in [-0.2, -0.15) is 0 Å². The van der Waals surface area contributed by atoms with Gasteiger partial charge in [0.05, 0.1) is 31.3 Å². The number of nitrogens with one attached hydrogen (secondary N) is 1. The van der Waals surface area contributed by atoms with Crippen molar-refractivity contribution in [2.75, 3.05) is 6.61 Å². The van der Waals surface area contributed by atoms with Crippen molar-refractivity contribution in [1.29, 1.82) is 0 Å². The molecule has 0 aliphatic rings. The third-order valence-electron chi connectivity index (χ3n) is 12.1. The Hall–Kier alpha value is -0.910. The molecule has 4 N–H and O–H groups in total. The molecule has 0 spiro atoms. The summed E-state index contributed by atoms with van der Waals surface area (Å²) in [5.74, 6) is -0.311. The van der Waals surface area contributed by atoms with E-state index in [2.05, 4.69) is 19.2 Å². The summed E-state index contributed by atoms with van der Waals surface area (Å²) in [6, 6.07) is -0.739. The number of hydrogen-bond donors (Lipinski definition) is 4. The molecule has 0 fully saturated rings. The Morgan fingerprint density at radius 2 is 0.732 bits per heavy atom. The van der Waals surface area contributed by atoms with Crippen molar-refractivity contribution in [3.8, 4) is 0 Å². The molecule has 0 bridgehead atoms. The van der Waals surface area contributed by atoms with Crippen LogP contribution in [-0.4, -0.2) is 46.1 Å². The van der Waals surface area contributed by atoms with Gasteiger partial charge < -0.3 is 20.6 Å². The summed E-state index contributed by atoms with van der Waals surface area (Å²) in [4.78, 5) is 12.5. The Labute approximate surface area is 350 Å². The largest absolute Gasteiger partial charge is 0.394 e. The van der Waals surface area contributed by atoms with Crippen molar-refractivity contribution in [2.24, 2.45) is 0 Å². The van der Waals surface area contributed by atoms with Crippen LogP contribution in [0.15, 0.2) is 12.2 Å². The maximum Gasteiger partial charge on any atom is 0.222 e. The Bertz CT molecular complexity index is 788. The van der Waals surface area contributed by atoms with Crippen LogP contribution in [0.5, 0.6) is 0 Å². The summed E-state index contributed by atoms with van der Waals surface area (Å²) in [6.45, 7) is 4.23. The molecule has 0 aliphatic heterocycles. The molecule has 0 heterocycles. The number of unbranched alkanes of at least 4 members (excludes halogenated alkanes) is 38. The number of aliphatic hydroxyl groups excluding tert-OH is 3. The zero-order valence-electron chi connectivity index (χ0n) is 38.0. The maximum atomic E-state index is 12.5. The van der Waals surface area contributed by atoms with Gasteiger partial charge >= 0.3 is 0 Å². The summed E-state index contributed by atoms with van der Waals surface area (Å²) >= 11 is 0. The molecule has 0 aromatic carbocycles. The Kier molecular flexibility index (Phi) is 46.0. The van der Waals surface area contributed by atoms with Crippen LogP contribution in [0.25, 0.3) is 0 Å². The van der Waals surface area contributed by atoms with Gasteiger partial charge in [-0.05, 0) is 19.3 Å². The monoisotopic (exact) mass is 792 g/mol. The molecule has 0 rings (SSSR count). The molecular weight excluding hydrogens is 691 g/mol. The molecular formula is C51H101NO4. The lowest BCUT2D eigenvalue weighted by Gasteiger charge is -2.21. The molecule has 0 aromatic heterocycles. The highest BCUT2D eigenvalue weighted by atomic mass is 16.3. The highest BCUT2D eigenvalue weighted by Crippen LogP contribution is 2.17. The molecule has 0 saturated carbocycles. The van der Waals surface area contributed by atoms with Gasteiger partial charge in [0, 0.05) is 0 Å². The molecule has 0 radical (unpaired) electrons. The topological polar surface area (TPSA) is 89.8 Å². The number of aliphatic hydroxyl groups is 3. The van der Waals surface area contributed by atoms with Crippen LogP contribution in [-0.2, 0) is 4.79 Å². The third kappa shape index (κ3) is 42.7. The Morgan fingerprint density at radius 1 is 0.446 bits per heavy atom. The van der Waals surface area contributed by atoms with Crippen molar-refractivity contribution < 1.29 is 20.1 Å². The Morgan fingerprint density at radius 3 is 1.04 bits per heavy atom. The highest BCUT2D eigenvalue weighted by molar-refractivity contribution is 5.76. The fraction of sp³-hybridized carbons (Fsp3) is 0.941. The SMILES string of the molecule is CCCCCCCCCCCCC/C=C/C(O)C(CO)NC(=O)CC(O)CCCCCCCCCCCCCCCCCCCCCCCCCCCCCC. The molecule has 0 aromatic rings. The van der Waals surface area contributed by atoms with Gasteiger partial charge in [-0.3, -0.25) is 4.79 Å². The standard InChI is InChI=1S/C51H101NO4/c1-3-5-7-9-11-13-15-17-18-19-20-21-22-23-24-25-26-27-28-29-30-31-33-34-36-38-40-42-44-48(54)46-51(56)52-49(47-53)50(55)45-43-41-39-37-35-32-16-14-12-10-8-6-4-2/h43,45,48-50,53-55H,3-42,44,46-47H2,1-2H3,(H,52,56)/b45-43+. The third-order valence-corrected chi connectivity index (χ3v) is 12.1. The van der Waals surface area contributed by atoms with E-state index in [1.165, 1.54) is 231 Å². The molecule has 334 valence electrons. The number of carbonyl (C=O) groups excluding carboxylic acids is 1. The molecule has 56 heavy (non-hydrogen) atoms. The van der Waals surface area contributed by atoms with Crippen LogP contribution in [0, 0.1) is 0 Å². The van der Waals surface area contributed by atoms with Crippen LogP contribution in [0.4, 0.5) is 0 Å². The average molecular weight is 792 g/mol. The second-order valence-corrected chi connectivity index (χ2v) is 17.8. The van der Waals surface area contributed by atoms with Crippen LogP contribution < -0.4 is 5.32 Å². The van der Waals surface area contributed by atoms with Gasteiger partial charge in [-0.1, -0.05) is 270 Å². The van der Waals surface area contributed by atoms with E-state index in [-0.39, 0.29) is 18.9 Å². The first kappa shape index (κ1) is 55.1. The van der Waals surface area contributed by atoms with E-state index in [0.717, 1.165) is 25.7 Å². The Balaban J connectivity index is 3.50. The zero-order chi connectivity index (χ0) is 40.8. The quantitative estimate of drug-likeness (QED) is 0.0365. The number of rotatable bonds is 47. The van der Waals surface area contributed by atoms with Crippen LogP contribution >= 0.6 is 0 Å².